The fourth-order valence-corrected chi connectivity index (χ4v) is 2.26. The van der Waals surface area contributed by atoms with Crippen LogP contribution in [0.15, 0.2) is 54.6 Å². The normalized spacial score (nSPS) is 11.4. The number of amides is 1. The molecule has 5 nitrogen and oxygen atoms in total. The van der Waals surface area contributed by atoms with Crippen molar-refractivity contribution in [2.45, 2.75) is 19.4 Å². The van der Waals surface area contributed by atoms with Crippen molar-refractivity contribution in [2.24, 2.45) is 0 Å². The highest BCUT2D eigenvalue weighted by Gasteiger charge is 2.23. The zero-order chi connectivity index (χ0) is 17.4. The standard InChI is InChI=1S/C19H21NO4/c1-3-24-19(22)17(13-14-9-11-16(23-2)12-10-14)20-18(21)15-7-5-4-6-8-15/h4-12,17H,3,13H2,1-2H3,(H,20,21). The molecule has 1 atom stereocenters. The van der Waals surface area contributed by atoms with Crippen LogP contribution in [0.3, 0.4) is 0 Å². The first-order chi connectivity index (χ1) is 11.6. The third-order valence-electron chi connectivity index (χ3n) is 3.51. The van der Waals surface area contributed by atoms with Crippen LogP contribution in [0.4, 0.5) is 0 Å². The predicted molar refractivity (Wildman–Crippen MR) is 91.0 cm³/mol. The van der Waals surface area contributed by atoms with Crippen molar-refractivity contribution in [3.63, 3.8) is 0 Å². The molecule has 1 N–H and O–H groups in total. The van der Waals surface area contributed by atoms with Crippen LogP contribution in [0.1, 0.15) is 22.8 Å². The van der Waals surface area contributed by atoms with Gasteiger partial charge in [0.2, 0.25) is 0 Å². The quantitative estimate of drug-likeness (QED) is 0.794. The number of benzene rings is 2. The van der Waals surface area contributed by atoms with E-state index in [1.807, 2.05) is 30.3 Å². The molecule has 0 bridgehead atoms. The average Bonchev–Trinajstić information content (AvgIpc) is 2.62. The number of hydrogen-bond acceptors (Lipinski definition) is 4. The Labute approximate surface area is 141 Å². The maximum Gasteiger partial charge on any atom is 0.328 e. The van der Waals surface area contributed by atoms with E-state index in [1.165, 1.54) is 0 Å². The first-order valence-corrected chi connectivity index (χ1v) is 7.79. The van der Waals surface area contributed by atoms with Crippen molar-refractivity contribution in [1.82, 2.24) is 5.32 Å². The van der Waals surface area contributed by atoms with Crippen LogP contribution in [0.25, 0.3) is 0 Å². The summed E-state index contributed by atoms with van der Waals surface area (Å²) in [6, 6.07) is 15.4. The number of nitrogens with one attached hydrogen (secondary N) is 1. The molecule has 0 fully saturated rings. The van der Waals surface area contributed by atoms with Crippen LogP contribution in [0, 0.1) is 0 Å². The van der Waals surface area contributed by atoms with E-state index in [2.05, 4.69) is 5.32 Å². The zero-order valence-electron chi connectivity index (χ0n) is 13.8. The van der Waals surface area contributed by atoms with Gasteiger partial charge in [-0.3, -0.25) is 4.79 Å². The van der Waals surface area contributed by atoms with Crippen molar-refractivity contribution in [1.29, 1.82) is 0 Å². The summed E-state index contributed by atoms with van der Waals surface area (Å²) >= 11 is 0. The Balaban J connectivity index is 2.11. The molecule has 1 amide bonds. The van der Waals surface area contributed by atoms with Gasteiger partial charge in [-0.05, 0) is 36.8 Å². The highest BCUT2D eigenvalue weighted by molar-refractivity contribution is 5.96. The largest absolute Gasteiger partial charge is 0.497 e. The Morgan fingerprint density at radius 2 is 1.71 bits per heavy atom. The van der Waals surface area contributed by atoms with Crippen molar-refractivity contribution in [2.75, 3.05) is 13.7 Å². The van der Waals surface area contributed by atoms with E-state index in [4.69, 9.17) is 9.47 Å². The fourth-order valence-electron chi connectivity index (χ4n) is 2.26. The number of hydrogen-bond donors (Lipinski definition) is 1. The third kappa shape index (κ3) is 4.84. The molecule has 0 saturated heterocycles. The summed E-state index contributed by atoms with van der Waals surface area (Å²) in [7, 11) is 1.59. The molecule has 0 saturated carbocycles. The first kappa shape index (κ1) is 17.5. The maximum atomic E-state index is 12.3. The predicted octanol–water partition coefficient (Wildman–Crippen LogP) is 2.60. The van der Waals surface area contributed by atoms with Crippen LogP contribution in [0.2, 0.25) is 0 Å². The molecular formula is C19H21NO4. The van der Waals surface area contributed by atoms with E-state index in [-0.39, 0.29) is 12.5 Å². The molecular weight excluding hydrogens is 306 g/mol. The minimum Gasteiger partial charge on any atom is -0.497 e. The van der Waals surface area contributed by atoms with Gasteiger partial charge >= 0.3 is 5.97 Å². The fraction of sp³-hybridized carbons (Fsp3) is 0.263. The molecule has 5 heteroatoms. The van der Waals surface area contributed by atoms with Crippen molar-refractivity contribution >= 4 is 11.9 Å². The minimum absolute atomic E-state index is 0.263. The highest BCUT2D eigenvalue weighted by Crippen LogP contribution is 2.13. The van der Waals surface area contributed by atoms with Gasteiger partial charge in [0, 0.05) is 12.0 Å². The van der Waals surface area contributed by atoms with Crippen LogP contribution in [-0.2, 0) is 16.0 Å². The molecule has 0 aliphatic carbocycles. The van der Waals surface area contributed by atoms with Gasteiger partial charge in [-0.1, -0.05) is 30.3 Å². The number of carbonyl (C=O) groups excluding carboxylic acids is 2. The van der Waals surface area contributed by atoms with Gasteiger partial charge in [0.05, 0.1) is 13.7 Å². The molecule has 126 valence electrons. The molecule has 0 heterocycles. The average molecular weight is 327 g/mol. The number of rotatable bonds is 7. The lowest BCUT2D eigenvalue weighted by Gasteiger charge is -2.17. The second-order valence-corrected chi connectivity index (χ2v) is 5.20. The van der Waals surface area contributed by atoms with Gasteiger partial charge in [-0.15, -0.1) is 0 Å². The summed E-state index contributed by atoms with van der Waals surface area (Å²) in [6.45, 7) is 2.00. The summed E-state index contributed by atoms with van der Waals surface area (Å²) < 4.78 is 10.2. The molecule has 0 radical (unpaired) electrons. The Bertz CT molecular complexity index is 668. The van der Waals surface area contributed by atoms with Gasteiger partial charge in [-0.2, -0.15) is 0 Å². The molecule has 2 aromatic carbocycles. The van der Waals surface area contributed by atoms with Gasteiger partial charge in [0.25, 0.3) is 5.91 Å². The lowest BCUT2D eigenvalue weighted by atomic mass is 10.1. The molecule has 0 aromatic heterocycles. The minimum atomic E-state index is -0.744. The Hall–Kier alpha value is -2.82. The molecule has 1 unspecified atom stereocenters. The lowest BCUT2D eigenvalue weighted by molar-refractivity contribution is -0.145. The number of esters is 1. The van der Waals surface area contributed by atoms with E-state index in [9.17, 15) is 9.59 Å². The molecule has 0 spiro atoms. The molecule has 0 aliphatic rings. The van der Waals surface area contributed by atoms with Crippen LogP contribution in [0.5, 0.6) is 5.75 Å². The summed E-state index contributed by atoms with van der Waals surface area (Å²) in [6.07, 6.45) is 0.349. The summed E-state index contributed by atoms with van der Waals surface area (Å²) in [5, 5.41) is 2.75. The van der Waals surface area contributed by atoms with E-state index in [0.717, 1.165) is 11.3 Å². The highest BCUT2D eigenvalue weighted by atomic mass is 16.5. The maximum absolute atomic E-state index is 12.3. The summed E-state index contributed by atoms with van der Waals surface area (Å²) in [5.41, 5.74) is 1.41. The van der Waals surface area contributed by atoms with Gasteiger partial charge in [0.1, 0.15) is 11.8 Å². The zero-order valence-corrected chi connectivity index (χ0v) is 13.8. The summed E-state index contributed by atoms with van der Waals surface area (Å²) in [4.78, 5) is 24.5. The Morgan fingerprint density at radius 3 is 2.29 bits per heavy atom. The Kier molecular flexibility index (Phi) is 6.37. The van der Waals surface area contributed by atoms with Crippen molar-refractivity contribution < 1.29 is 19.1 Å². The van der Waals surface area contributed by atoms with E-state index in [1.54, 1.807) is 38.3 Å². The van der Waals surface area contributed by atoms with Crippen LogP contribution in [-0.4, -0.2) is 31.6 Å². The number of ether oxygens (including phenoxy) is 2. The van der Waals surface area contributed by atoms with E-state index >= 15 is 0 Å². The SMILES string of the molecule is CCOC(=O)C(Cc1ccc(OC)cc1)NC(=O)c1ccccc1. The smallest absolute Gasteiger partial charge is 0.328 e. The van der Waals surface area contributed by atoms with Gasteiger partial charge in [0.15, 0.2) is 0 Å². The lowest BCUT2D eigenvalue weighted by Crippen LogP contribution is -2.43. The van der Waals surface area contributed by atoms with E-state index < -0.39 is 12.0 Å². The van der Waals surface area contributed by atoms with Crippen molar-refractivity contribution in [3.8, 4) is 5.75 Å². The van der Waals surface area contributed by atoms with Crippen LogP contribution < -0.4 is 10.1 Å². The molecule has 0 aliphatic heterocycles. The van der Waals surface area contributed by atoms with E-state index in [0.29, 0.717) is 12.0 Å². The van der Waals surface area contributed by atoms with Gasteiger partial charge in [-0.25, -0.2) is 4.79 Å². The first-order valence-electron chi connectivity index (χ1n) is 7.79. The number of methoxy groups -OCH3 is 1. The monoisotopic (exact) mass is 327 g/mol. The molecule has 24 heavy (non-hydrogen) atoms. The van der Waals surface area contributed by atoms with Crippen LogP contribution >= 0.6 is 0 Å². The van der Waals surface area contributed by atoms with Crippen molar-refractivity contribution in [3.05, 3.63) is 65.7 Å². The second-order valence-electron chi connectivity index (χ2n) is 5.20. The Morgan fingerprint density at radius 1 is 1.04 bits per heavy atom. The number of carbonyl (C=O) groups is 2. The van der Waals surface area contributed by atoms with Gasteiger partial charge < -0.3 is 14.8 Å². The molecule has 2 rings (SSSR count). The summed E-state index contributed by atoms with van der Waals surface area (Å²) in [5.74, 6) is -0.0143. The third-order valence-corrected chi connectivity index (χ3v) is 3.51. The molecule has 2 aromatic rings. The second kappa shape index (κ2) is 8.72. The topological polar surface area (TPSA) is 64.6 Å².